The van der Waals surface area contributed by atoms with Crippen LogP contribution < -0.4 is 9.88 Å². The van der Waals surface area contributed by atoms with Crippen molar-refractivity contribution in [1.82, 2.24) is 0 Å². The zero-order valence-electron chi connectivity index (χ0n) is 12.2. The average molecular weight is 435 g/mol. The van der Waals surface area contributed by atoms with Crippen LogP contribution in [0.4, 0.5) is 0 Å². The fraction of sp³-hybridized carbons (Fsp3) is 0.133. The van der Waals surface area contributed by atoms with E-state index in [1.807, 2.05) is 0 Å². The first-order valence-electron chi connectivity index (χ1n) is 6.66. The van der Waals surface area contributed by atoms with Gasteiger partial charge in [0, 0.05) is 4.47 Å². The summed E-state index contributed by atoms with van der Waals surface area (Å²) in [6.45, 7) is 0.0675. The van der Waals surface area contributed by atoms with Crippen molar-refractivity contribution in [2.24, 2.45) is 5.14 Å². The molecule has 0 bridgehead atoms. The van der Waals surface area contributed by atoms with Crippen LogP contribution in [0.5, 0.6) is 5.75 Å². The number of carbonyl (C=O) groups is 1. The van der Waals surface area contributed by atoms with Crippen molar-refractivity contribution < 1.29 is 22.7 Å². The average Bonchev–Trinajstić information content (AvgIpc) is 2.52. The van der Waals surface area contributed by atoms with Gasteiger partial charge in [0.05, 0.1) is 15.5 Å². The second-order valence-corrected chi connectivity index (χ2v) is 7.42. The highest BCUT2D eigenvalue weighted by atomic mass is 79.9. The van der Waals surface area contributed by atoms with Gasteiger partial charge in [-0.2, -0.15) is 0 Å². The predicted molar refractivity (Wildman–Crippen MR) is 92.7 cm³/mol. The van der Waals surface area contributed by atoms with Crippen LogP contribution in [0.3, 0.4) is 0 Å². The lowest BCUT2D eigenvalue weighted by molar-refractivity contribution is 0.0449. The number of ether oxygens (including phenoxy) is 2. The number of esters is 1. The molecule has 6 nitrogen and oxygen atoms in total. The summed E-state index contributed by atoms with van der Waals surface area (Å²) >= 11 is 9.10. The Bertz CT molecular complexity index is 857. The number of rotatable bonds is 6. The first-order valence-corrected chi connectivity index (χ1v) is 9.37. The molecule has 2 rings (SSSR count). The third-order valence-electron chi connectivity index (χ3n) is 2.90. The van der Waals surface area contributed by atoms with E-state index in [1.54, 1.807) is 24.3 Å². The predicted octanol–water partition coefficient (Wildman–Crippen LogP) is 2.99. The topological polar surface area (TPSA) is 95.7 Å². The number of carbonyl (C=O) groups excluding carboxylic acids is 1. The Hall–Kier alpha value is -1.61. The Kier molecular flexibility index (Phi) is 6.22. The van der Waals surface area contributed by atoms with Gasteiger partial charge in [0.15, 0.2) is 0 Å². The van der Waals surface area contributed by atoms with Crippen molar-refractivity contribution in [3.8, 4) is 5.75 Å². The van der Waals surface area contributed by atoms with Crippen molar-refractivity contribution in [3.05, 3.63) is 57.5 Å². The molecule has 0 aromatic heterocycles. The lowest BCUT2D eigenvalue weighted by atomic mass is 10.2. The normalized spacial score (nSPS) is 11.1. The summed E-state index contributed by atoms with van der Waals surface area (Å²) in [6, 6.07) is 10.8. The summed E-state index contributed by atoms with van der Waals surface area (Å²) in [5.41, 5.74) is 0.0549. The maximum absolute atomic E-state index is 12.1. The highest BCUT2D eigenvalue weighted by Gasteiger charge is 2.16. The summed E-state index contributed by atoms with van der Waals surface area (Å²) in [5.74, 6) is -0.220. The van der Waals surface area contributed by atoms with Gasteiger partial charge in [-0.3, -0.25) is 0 Å². The number of hydrogen-bond acceptors (Lipinski definition) is 5. The molecule has 0 unspecified atom stereocenters. The first kappa shape index (κ1) is 18.7. The molecular formula is C15H13BrClNO5S. The second kappa shape index (κ2) is 7.98. The van der Waals surface area contributed by atoms with E-state index in [1.165, 1.54) is 12.1 Å². The minimum atomic E-state index is -3.91. The molecule has 2 N–H and O–H groups in total. The van der Waals surface area contributed by atoms with Gasteiger partial charge < -0.3 is 9.47 Å². The molecule has 9 heteroatoms. The molecule has 0 atom stereocenters. The molecule has 2 aromatic carbocycles. The zero-order valence-corrected chi connectivity index (χ0v) is 15.4. The van der Waals surface area contributed by atoms with Crippen molar-refractivity contribution in [1.29, 1.82) is 0 Å². The van der Waals surface area contributed by atoms with E-state index in [0.29, 0.717) is 15.2 Å². The van der Waals surface area contributed by atoms with Crippen LogP contribution in [-0.2, 0) is 14.8 Å². The SMILES string of the molecule is NS(=O)(=O)c1ccc(Br)c(C(=O)OCCOc2ccccc2Cl)c1. The van der Waals surface area contributed by atoms with Crippen LogP contribution in [0.15, 0.2) is 51.8 Å². The van der Waals surface area contributed by atoms with E-state index in [2.05, 4.69) is 15.9 Å². The molecule has 0 aliphatic heterocycles. The molecule has 0 amide bonds. The number of primary sulfonamides is 1. The molecule has 0 fully saturated rings. The highest BCUT2D eigenvalue weighted by Crippen LogP contribution is 2.23. The number of benzene rings is 2. The van der Waals surface area contributed by atoms with Gasteiger partial charge in [-0.15, -0.1) is 0 Å². The van der Waals surface area contributed by atoms with Crippen LogP contribution >= 0.6 is 27.5 Å². The van der Waals surface area contributed by atoms with E-state index < -0.39 is 16.0 Å². The van der Waals surface area contributed by atoms with Gasteiger partial charge in [-0.05, 0) is 46.3 Å². The maximum atomic E-state index is 12.1. The Morgan fingerprint density at radius 3 is 2.54 bits per heavy atom. The molecule has 0 radical (unpaired) electrons. The Labute approximate surface area is 152 Å². The number of hydrogen-bond donors (Lipinski definition) is 1. The number of sulfonamides is 1. The molecule has 2 aromatic rings. The molecule has 0 saturated carbocycles. The molecule has 0 aliphatic carbocycles. The summed E-state index contributed by atoms with van der Waals surface area (Å²) in [7, 11) is -3.91. The van der Waals surface area contributed by atoms with E-state index in [9.17, 15) is 13.2 Å². The lowest BCUT2D eigenvalue weighted by Gasteiger charge is -2.10. The standard InChI is InChI=1S/C15H13BrClNO5S/c16-12-6-5-10(24(18,20)21)9-11(12)15(19)23-8-7-22-14-4-2-1-3-13(14)17/h1-6,9H,7-8H2,(H2,18,20,21). The molecule has 24 heavy (non-hydrogen) atoms. The summed E-state index contributed by atoms with van der Waals surface area (Å²) in [6.07, 6.45) is 0. The zero-order chi connectivity index (χ0) is 17.7. The fourth-order valence-electron chi connectivity index (χ4n) is 1.76. The van der Waals surface area contributed by atoms with Crippen LogP contribution in [0, 0.1) is 0 Å². The molecule has 0 aliphatic rings. The number of nitrogens with two attached hydrogens (primary N) is 1. The molecular weight excluding hydrogens is 422 g/mol. The van der Waals surface area contributed by atoms with Gasteiger partial charge in [0.1, 0.15) is 19.0 Å². The Balaban J connectivity index is 1.97. The number of para-hydroxylation sites is 1. The van der Waals surface area contributed by atoms with Gasteiger partial charge in [-0.25, -0.2) is 18.4 Å². The number of halogens is 2. The van der Waals surface area contributed by atoms with Gasteiger partial charge in [0.25, 0.3) is 0 Å². The third kappa shape index (κ3) is 4.94. The van der Waals surface area contributed by atoms with Gasteiger partial charge in [0.2, 0.25) is 10.0 Å². The molecule has 0 spiro atoms. The monoisotopic (exact) mass is 433 g/mol. The van der Waals surface area contributed by atoms with Gasteiger partial charge in [-0.1, -0.05) is 23.7 Å². The van der Waals surface area contributed by atoms with Gasteiger partial charge >= 0.3 is 5.97 Å². The van der Waals surface area contributed by atoms with E-state index >= 15 is 0 Å². The van der Waals surface area contributed by atoms with Crippen LogP contribution in [-0.4, -0.2) is 27.6 Å². The lowest BCUT2D eigenvalue weighted by Crippen LogP contribution is -2.15. The maximum Gasteiger partial charge on any atom is 0.339 e. The Morgan fingerprint density at radius 1 is 1.17 bits per heavy atom. The molecule has 0 saturated heterocycles. The van der Waals surface area contributed by atoms with Crippen molar-refractivity contribution in [2.75, 3.05) is 13.2 Å². The largest absolute Gasteiger partial charge is 0.488 e. The van der Waals surface area contributed by atoms with Crippen molar-refractivity contribution >= 4 is 43.5 Å². The quantitative estimate of drug-likeness (QED) is 0.557. The van der Waals surface area contributed by atoms with Crippen LogP contribution in [0.2, 0.25) is 5.02 Å². The van der Waals surface area contributed by atoms with Crippen LogP contribution in [0.1, 0.15) is 10.4 Å². The summed E-state index contributed by atoms with van der Waals surface area (Å²) in [5, 5.41) is 5.50. The smallest absolute Gasteiger partial charge is 0.339 e. The Morgan fingerprint density at radius 2 is 1.88 bits per heavy atom. The second-order valence-electron chi connectivity index (χ2n) is 4.60. The van der Waals surface area contributed by atoms with Crippen molar-refractivity contribution in [2.45, 2.75) is 4.90 Å². The highest BCUT2D eigenvalue weighted by molar-refractivity contribution is 9.10. The fourth-order valence-corrected chi connectivity index (χ4v) is 2.90. The van der Waals surface area contributed by atoms with Crippen molar-refractivity contribution in [3.63, 3.8) is 0 Å². The summed E-state index contributed by atoms with van der Waals surface area (Å²) in [4.78, 5) is 11.9. The van der Waals surface area contributed by atoms with E-state index in [-0.39, 0.29) is 23.7 Å². The third-order valence-corrected chi connectivity index (χ3v) is 4.81. The summed E-state index contributed by atoms with van der Waals surface area (Å²) < 4.78 is 33.5. The van der Waals surface area contributed by atoms with Crippen LogP contribution in [0.25, 0.3) is 0 Å². The first-order chi connectivity index (χ1) is 11.3. The van der Waals surface area contributed by atoms with E-state index in [0.717, 1.165) is 6.07 Å². The van der Waals surface area contributed by atoms with E-state index in [4.69, 9.17) is 26.2 Å². The minimum Gasteiger partial charge on any atom is -0.488 e. The molecule has 128 valence electrons. The minimum absolute atomic E-state index is 0.0316. The molecule has 0 heterocycles.